The zero-order chi connectivity index (χ0) is 32.1. The lowest BCUT2D eigenvalue weighted by molar-refractivity contribution is 0.493. The highest BCUT2D eigenvalue weighted by Gasteiger charge is 2.25. The zero-order valence-electron chi connectivity index (χ0n) is 26.6. The molecule has 49 heavy (non-hydrogen) atoms. The quantitative estimate of drug-likeness (QED) is 0.138. The Bertz CT molecular complexity index is 3020. The van der Waals surface area contributed by atoms with Crippen LogP contribution in [0.5, 0.6) is 11.5 Å². The van der Waals surface area contributed by atoms with Gasteiger partial charge >= 0.3 is 0 Å². The third-order valence-electron chi connectivity index (χ3n) is 10.6. The summed E-state index contributed by atoms with van der Waals surface area (Å²) < 4.78 is 6.79. The normalized spacial score (nSPS) is 12.2. The molecular formula is C48H28O. The van der Waals surface area contributed by atoms with Crippen LogP contribution in [0.2, 0.25) is 0 Å². The summed E-state index contributed by atoms with van der Waals surface area (Å²) in [4.78, 5) is 0. The van der Waals surface area contributed by atoms with Crippen molar-refractivity contribution in [1.29, 1.82) is 0 Å². The Labute approximate surface area is 283 Å². The lowest BCUT2D eigenvalue weighted by Gasteiger charge is -2.24. The van der Waals surface area contributed by atoms with Crippen LogP contribution in [0.1, 0.15) is 0 Å². The van der Waals surface area contributed by atoms with E-state index in [1.165, 1.54) is 87.1 Å². The van der Waals surface area contributed by atoms with Crippen molar-refractivity contribution in [2.75, 3.05) is 0 Å². The van der Waals surface area contributed by atoms with Crippen LogP contribution in [0.25, 0.3) is 98.0 Å². The fourth-order valence-electron chi connectivity index (χ4n) is 8.46. The lowest BCUT2D eigenvalue weighted by atomic mass is 9.83. The van der Waals surface area contributed by atoms with Crippen LogP contribution in [-0.2, 0) is 0 Å². The molecule has 0 atom stereocenters. The first-order valence-corrected chi connectivity index (χ1v) is 16.9. The topological polar surface area (TPSA) is 9.23 Å². The average Bonchev–Trinajstić information content (AvgIpc) is 3.17. The van der Waals surface area contributed by atoms with Gasteiger partial charge in [0.05, 0.1) is 0 Å². The Hall–Kier alpha value is -6.44. The van der Waals surface area contributed by atoms with Crippen LogP contribution in [0.3, 0.4) is 0 Å². The molecular weight excluding hydrogens is 593 g/mol. The van der Waals surface area contributed by atoms with E-state index in [0.29, 0.717) is 0 Å². The Kier molecular flexibility index (Phi) is 5.45. The molecule has 0 N–H and O–H groups in total. The number of rotatable bonds is 2. The number of hydrogen-bond acceptors (Lipinski definition) is 1. The molecule has 10 aromatic rings. The Balaban J connectivity index is 1.28. The minimum atomic E-state index is 0.908. The second-order valence-corrected chi connectivity index (χ2v) is 13.2. The molecule has 1 heterocycles. The summed E-state index contributed by atoms with van der Waals surface area (Å²) in [5.41, 5.74) is 7.35. The van der Waals surface area contributed by atoms with Gasteiger partial charge in [0.1, 0.15) is 11.5 Å². The van der Waals surface area contributed by atoms with E-state index in [1.54, 1.807) is 0 Å². The number of fused-ring (bicyclic) bond motifs is 9. The molecule has 0 fully saturated rings. The predicted octanol–water partition coefficient (Wildman–Crippen LogP) is 13.7. The van der Waals surface area contributed by atoms with Gasteiger partial charge in [-0.3, -0.25) is 0 Å². The summed E-state index contributed by atoms with van der Waals surface area (Å²) in [5, 5.41) is 14.7. The van der Waals surface area contributed by atoms with Crippen LogP contribution in [-0.4, -0.2) is 0 Å². The number of hydrogen-bond donors (Lipinski definition) is 0. The first kappa shape index (κ1) is 26.6. The summed E-state index contributed by atoms with van der Waals surface area (Å²) in [6.07, 6.45) is 0. The monoisotopic (exact) mass is 620 g/mol. The highest BCUT2D eigenvalue weighted by molar-refractivity contribution is 6.28. The van der Waals surface area contributed by atoms with E-state index in [0.717, 1.165) is 22.4 Å². The standard InChI is InChI=1S/C48H28O/c1-5-16-33-29(11-1)15-9-20-38(33)46-34-17-6-4-14-32(34)28-43-42(27-31-13-3-7-18-35(31)47(43)46)37-25-26-44-45-39(37)21-10-22-40(45)41-24-23-30-12-2-8-19-36(30)48(41)49-44/h1-28H. The van der Waals surface area contributed by atoms with Crippen LogP contribution < -0.4 is 4.74 Å². The second-order valence-electron chi connectivity index (χ2n) is 13.2. The van der Waals surface area contributed by atoms with Crippen LogP contribution in [0.15, 0.2) is 170 Å². The van der Waals surface area contributed by atoms with Crippen LogP contribution >= 0.6 is 0 Å². The van der Waals surface area contributed by atoms with E-state index in [-0.39, 0.29) is 0 Å². The van der Waals surface area contributed by atoms with E-state index >= 15 is 0 Å². The van der Waals surface area contributed by atoms with Gasteiger partial charge in [-0.2, -0.15) is 0 Å². The molecule has 0 unspecified atom stereocenters. The van der Waals surface area contributed by atoms with E-state index in [9.17, 15) is 0 Å². The van der Waals surface area contributed by atoms with Gasteiger partial charge in [-0.05, 0) is 106 Å². The van der Waals surface area contributed by atoms with Gasteiger partial charge in [-0.25, -0.2) is 0 Å². The molecule has 0 bridgehead atoms. The van der Waals surface area contributed by atoms with Crippen LogP contribution in [0.4, 0.5) is 0 Å². The maximum Gasteiger partial charge on any atom is 0.143 e. The summed E-state index contributed by atoms with van der Waals surface area (Å²) >= 11 is 0. The van der Waals surface area contributed by atoms with E-state index < -0.39 is 0 Å². The van der Waals surface area contributed by atoms with Gasteiger partial charge in [0.15, 0.2) is 0 Å². The van der Waals surface area contributed by atoms with Crippen molar-refractivity contribution >= 4 is 64.6 Å². The Morgan fingerprint density at radius 1 is 0.286 bits per heavy atom. The van der Waals surface area contributed by atoms with Crippen molar-refractivity contribution in [2.45, 2.75) is 0 Å². The van der Waals surface area contributed by atoms with Gasteiger partial charge in [-0.15, -0.1) is 0 Å². The third-order valence-corrected chi connectivity index (χ3v) is 10.6. The molecule has 0 spiro atoms. The molecule has 226 valence electrons. The molecule has 1 aliphatic heterocycles. The molecule has 0 radical (unpaired) electrons. The summed E-state index contributed by atoms with van der Waals surface area (Å²) in [6.45, 7) is 0. The van der Waals surface area contributed by atoms with Crippen molar-refractivity contribution in [2.24, 2.45) is 0 Å². The van der Waals surface area contributed by atoms with Crippen molar-refractivity contribution < 1.29 is 4.74 Å². The third kappa shape index (κ3) is 3.76. The highest BCUT2D eigenvalue weighted by Crippen LogP contribution is 2.52. The van der Waals surface area contributed by atoms with E-state index in [2.05, 4.69) is 170 Å². The molecule has 0 saturated carbocycles. The smallest absolute Gasteiger partial charge is 0.143 e. The highest BCUT2D eigenvalue weighted by atomic mass is 16.5. The number of ether oxygens (including phenoxy) is 1. The van der Waals surface area contributed by atoms with Gasteiger partial charge in [0, 0.05) is 16.3 Å². The number of benzene rings is 10. The zero-order valence-corrected chi connectivity index (χ0v) is 26.6. The molecule has 0 saturated heterocycles. The summed E-state index contributed by atoms with van der Waals surface area (Å²) in [5.74, 6) is 1.85. The molecule has 10 aromatic carbocycles. The van der Waals surface area contributed by atoms with Gasteiger partial charge in [-0.1, -0.05) is 146 Å². The predicted molar refractivity (Wildman–Crippen MR) is 208 cm³/mol. The van der Waals surface area contributed by atoms with Crippen LogP contribution in [0, 0.1) is 0 Å². The summed E-state index contributed by atoms with van der Waals surface area (Å²) in [6, 6.07) is 62.1. The van der Waals surface area contributed by atoms with Crippen molar-refractivity contribution in [3.05, 3.63) is 170 Å². The maximum absolute atomic E-state index is 6.79. The SMILES string of the molecule is c1ccc2c(-c3c4ccccc4cc4c(-c5ccc6c7c(cccc57)-c5ccc7ccccc7c5O6)cc5ccccc5c34)cccc2c1. The molecule has 1 aliphatic rings. The molecule has 1 heteroatoms. The first-order chi connectivity index (χ1) is 24.3. The molecule has 0 amide bonds. The molecule has 11 rings (SSSR count). The van der Waals surface area contributed by atoms with Gasteiger partial charge in [0.2, 0.25) is 0 Å². The Morgan fingerprint density at radius 3 is 1.71 bits per heavy atom. The van der Waals surface area contributed by atoms with Crippen molar-refractivity contribution in [3.63, 3.8) is 0 Å². The minimum Gasteiger partial charge on any atom is -0.455 e. The second kappa shape index (κ2) is 10.0. The first-order valence-electron chi connectivity index (χ1n) is 16.9. The van der Waals surface area contributed by atoms with Gasteiger partial charge < -0.3 is 4.74 Å². The van der Waals surface area contributed by atoms with Gasteiger partial charge in [0.25, 0.3) is 0 Å². The molecule has 0 aromatic heterocycles. The molecule has 1 nitrogen and oxygen atoms in total. The fraction of sp³-hybridized carbons (Fsp3) is 0. The Morgan fingerprint density at radius 2 is 0.878 bits per heavy atom. The minimum absolute atomic E-state index is 0.908. The van der Waals surface area contributed by atoms with E-state index in [4.69, 9.17) is 4.74 Å². The van der Waals surface area contributed by atoms with Crippen molar-refractivity contribution in [1.82, 2.24) is 0 Å². The maximum atomic E-state index is 6.79. The van der Waals surface area contributed by atoms with Crippen molar-refractivity contribution in [3.8, 4) is 44.9 Å². The summed E-state index contributed by atoms with van der Waals surface area (Å²) in [7, 11) is 0. The largest absolute Gasteiger partial charge is 0.455 e. The molecule has 0 aliphatic carbocycles. The van der Waals surface area contributed by atoms with E-state index in [1.807, 2.05) is 0 Å². The lowest BCUT2D eigenvalue weighted by Crippen LogP contribution is -1.99. The average molecular weight is 621 g/mol. The fourth-order valence-corrected chi connectivity index (χ4v) is 8.46.